The van der Waals surface area contributed by atoms with Gasteiger partial charge in [0.25, 0.3) is 0 Å². The first-order chi connectivity index (χ1) is 14.0. The predicted octanol–water partition coefficient (Wildman–Crippen LogP) is 1.34. The van der Waals surface area contributed by atoms with Crippen LogP contribution in [0.25, 0.3) is 0 Å². The van der Waals surface area contributed by atoms with Crippen molar-refractivity contribution in [3.63, 3.8) is 0 Å². The number of hydroxylamine groups is 3. The lowest BCUT2D eigenvalue weighted by Crippen LogP contribution is -2.51. The topological polar surface area (TPSA) is 171 Å². The van der Waals surface area contributed by atoms with Gasteiger partial charge in [-0.3, -0.25) is 13.9 Å². The summed E-state index contributed by atoms with van der Waals surface area (Å²) in [5.41, 5.74) is 5.77. The third-order valence-corrected chi connectivity index (χ3v) is 4.24. The number of nitrogens with two attached hydrogens (primary N) is 1. The molecular formula is C15H29N3O11P+. The van der Waals surface area contributed by atoms with Gasteiger partial charge in [0.1, 0.15) is 27.3 Å². The summed E-state index contributed by atoms with van der Waals surface area (Å²) >= 11 is 0. The Hall–Kier alpha value is -2.41. The standard InChI is InChI=1S/C15H29N3O11P/c1-6-23-14(20)25-8-10-27-30(22,28-11-9-26-15(21)24-7-2)17-13(16)18(4,5)29-12(3)19/h6-11H2,1-5H3,(H2,16,17,22)/q+1. The maximum Gasteiger partial charge on any atom is 0.508 e. The molecule has 0 amide bonds. The number of guanidine groups is 1. The third kappa shape index (κ3) is 12.2. The summed E-state index contributed by atoms with van der Waals surface area (Å²) in [4.78, 5) is 38.4. The van der Waals surface area contributed by atoms with Crippen molar-refractivity contribution in [2.75, 3.05) is 53.7 Å². The molecule has 0 atom stereocenters. The Kier molecular flexibility index (Phi) is 12.6. The first-order valence-electron chi connectivity index (χ1n) is 8.84. The highest BCUT2D eigenvalue weighted by Crippen LogP contribution is 2.50. The molecule has 0 heterocycles. The van der Waals surface area contributed by atoms with Crippen molar-refractivity contribution in [2.45, 2.75) is 20.8 Å². The van der Waals surface area contributed by atoms with Crippen LogP contribution in [-0.2, 0) is 42.2 Å². The van der Waals surface area contributed by atoms with Crippen molar-refractivity contribution >= 4 is 32.0 Å². The molecule has 0 saturated heterocycles. The molecule has 30 heavy (non-hydrogen) atoms. The summed E-state index contributed by atoms with van der Waals surface area (Å²) in [5.74, 6) is -1.08. The van der Waals surface area contributed by atoms with E-state index in [0.717, 1.165) is 6.92 Å². The molecule has 14 nitrogen and oxygen atoms in total. The van der Waals surface area contributed by atoms with Gasteiger partial charge in [-0.2, -0.15) is 0 Å². The second-order valence-electron chi connectivity index (χ2n) is 5.59. The number of carbonyl (C=O) groups excluding carboxylic acids is 3. The van der Waals surface area contributed by atoms with E-state index in [0.29, 0.717) is 0 Å². The Bertz CT molecular complexity index is 624. The summed E-state index contributed by atoms with van der Waals surface area (Å²) in [7, 11) is -1.56. The van der Waals surface area contributed by atoms with E-state index in [-0.39, 0.29) is 39.6 Å². The summed E-state index contributed by atoms with van der Waals surface area (Å²) in [5, 5.41) is 0. The van der Waals surface area contributed by atoms with Crippen molar-refractivity contribution in [3.05, 3.63) is 0 Å². The van der Waals surface area contributed by atoms with Gasteiger partial charge in [-0.1, -0.05) is 4.65 Å². The van der Waals surface area contributed by atoms with Gasteiger partial charge in [0, 0.05) is 6.92 Å². The molecule has 174 valence electrons. The number of nitrogens with zero attached hydrogens (tertiary/aromatic N) is 2. The van der Waals surface area contributed by atoms with Crippen LogP contribution in [0.4, 0.5) is 9.59 Å². The number of quaternary nitrogens is 1. The predicted molar refractivity (Wildman–Crippen MR) is 101 cm³/mol. The summed E-state index contributed by atoms with van der Waals surface area (Å²) in [6, 6.07) is 0. The normalized spacial score (nSPS) is 12.1. The zero-order valence-electron chi connectivity index (χ0n) is 17.7. The fourth-order valence-corrected chi connectivity index (χ4v) is 2.84. The van der Waals surface area contributed by atoms with Crippen LogP contribution in [-0.4, -0.2) is 82.6 Å². The molecule has 0 aromatic carbocycles. The van der Waals surface area contributed by atoms with Crippen LogP contribution in [0.2, 0.25) is 0 Å². The Morgan fingerprint density at radius 3 is 1.67 bits per heavy atom. The van der Waals surface area contributed by atoms with Crippen molar-refractivity contribution < 1.29 is 56.4 Å². The molecule has 0 bridgehead atoms. The lowest BCUT2D eigenvalue weighted by atomic mass is 10.8. The van der Waals surface area contributed by atoms with E-state index in [2.05, 4.69) is 23.7 Å². The smallest absolute Gasteiger partial charge is 0.435 e. The monoisotopic (exact) mass is 458 g/mol. The molecule has 2 N–H and O–H groups in total. The Morgan fingerprint density at radius 2 is 1.30 bits per heavy atom. The second kappa shape index (κ2) is 13.7. The van der Waals surface area contributed by atoms with E-state index >= 15 is 0 Å². The van der Waals surface area contributed by atoms with Crippen molar-refractivity contribution in [2.24, 2.45) is 10.5 Å². The van der Waals surface area contributed by atoms with Gasteiger partial charge in [0.2, 0.25) is 0 Å². The summed E-state index contributed by atoms with van der Waals surface area (Å²) < 4.78 is 44.6. The van der Waals surface area contributed by atoms with Crippen LogP contribution in [0, 0.1) is 0 Å². The number of carbonyl (C=O) groups is 3. The van der Waals surface area contributed by atoms with Crippen molar-refractivity contribution in [1.29, 1.82) is 0 Å². The molecular weight excluding hydrogens is 429 g/mol. The van der Waals surface area contributed by atoms with Gasteiger partial charge in [-0.05, 0) is 13.8 Å². The zero-order chi connectivity index (χ0) is 23.2. The summed E-state index contributed by atoms with van der Waals surface area (Å²) in [6.07, 6.45) is -1.87. The van der Waals surface area contributed by atoms with E-state index < -0.39 is 36.6 Å². The Labute approximate surface area is 174 Å². The Morgan fingerprint density at radius 1 is 0.867 bits per heavy atom. The molecule has 0 aromatic rings. The van der Waals surface area contributed by atoms with E-state index in [4.69, 9.17) is 19.6 Å². The SMILES string of the molecule is CCOC(=O)OCCOP(=O)(N=C(N)[N+](C)(C)OC(C)=O)OCCOC(=O)OCC. The molecule has 0 saturated carbocycles. The highest BCUT2D eigenvalue weighted by Gasteiger charge is 2.33. The molecule has 0 aliphatic heterocycles. The molecule has 0 spiro atoms. The van der Waals surface area contributed by atoms with Crippen LogP contribution in [0.15, 0.2) is 4.76 Å². The minimum absolute atomic E-state index is 0.117. The van der Waals surface area contributed by atoms with Gasteiger partial charge >= 0.3 is 32.0 Å². The van der Waals surface area contributed by atoms with Crippen LogP contribution in [0.1, 0.15) is 20.8 Å². The van der Waals surface area contributed by atoms with E-state index in [1.165, 1.54) is 14.1 Å². The van der Waals surface area contributed by atoms with Crippen LogP contribution in [0.5, 0.6) is 0 Å². The van der Waals surface area contributed by atoms with Gasteiger partial charge in [0.05, 0.1) is 26.4 Å². The molecule has 0 aromatic heterocycles. The average molecular weight is 458 g/mol. The van der Waals surface area contributed by atoms with Gasteiger partial charge < -0.3 is 24.7 Å². The molecule has 0 aliphatic carbocycles. The van der Waals surface area contributed by atoms with Gasteiger partial charge in [-0.25, -0.2) is 18.9 Å². The molecule has 0 fully saturated rings. The van der Waals surface area contributed by atoms with E-state index in [1.807, 2.05) is 0 Å². The maximum atomic E-state index is 12.9. The minimum atomic E-state index is -4.27. The summed E-state index contributed by atoms with van der Waals surface area (Å²) in [6.45, 7) is 3.18. The first kappa shape index (κ1) is 27.6. The lowest BCUT2D eigenvalue weighted by Gasteiger charge is -2.24. The maximum absolute atomic E-state index is 12.9. The fraction of sp³-hybridized carbons (Fsp3) is 0.733. The first-order valence-corrected chi connectivity index (χ1v) is 10.3. The lowest BCUT2D eigenvalue weighted by molar-refractivity contribution is -0.986. The average Bonchev–Trinajstić information content (AvgIpc) is 2.62. The van der Waals surface area contributed by atoms with Gasteiger partial charge in [0.15, 0.2) is 0 Å². The third-order valence-electron chi connectivity index (χ3n) is 2.77. The van der Waals surface area contributed by atoms with Crippen LogP contribution < -0.4 is 5.73 Å². The quantitative estimate of drug-likeness (QED) is 0.0897. The van der Waals surface area contributed by atoms with Crippen LogP contribution in [0.3, 0.4) is 0 Å². The van der Waals surface area contributed by atoms with Crippen molar-refractivity contribution in [1.82, 2.24) is 0 Å². The van der Waals surface area contributed by atoms with Crippen molar-refractivity contribution in [3.8, 4) is 0 Å². The largest absolute Gasteiger partial charge is 0.508 e. The number of hydrogen-bond donors (Lipinski definition) is 1. The van der Waals surface area contributed by atoms with Gasteiger partial charge in [-0.15, -0.1) is 4.76 Å². The molecule has 0 radical (unpaired) electrons. The number of rotatable bonds is 11. The Balaban J connectivity index is 5.07. The van der Waals surface area contributed by atoms with Crippen LogP contribution >= 0.6 is 7.75 Å². The molecule has 0 aliphatic rings. The number of hydrogen-bond acceptors (Lipinski definition) is 11. The fourth-order valence-electron chi connectivity index (χ4n) is 1.57. The molecule has 0 unspecified atom stereocenters. The minimum Gasteiger partial charge on any atom is -0.435 e. The molecule has 0 rings (SSSR count). The van der Waals surface area contributed by atoms with E-state index in [9.17, 15) is 18.9 Å². The zero-order valence-corrected chi connectivity index (χ0v) is 18.5. The number of ether oxygens (including phenoxy) is 4. The van der Waals surface area contributed by atoms with E-state index in [1.54, 1.807) is 13.8 Å². The second-order valence-corrected chi connectivity index (χ2v) is 7.24. The highest BCUT2D eigenvalue weighted by atomic mass is 31.2. The highest BCUT2D eigenvalue weighted by molar-refractivity contribution is 7.52. The molecule has 15 heteroatoms.